The number of halogens is 7. The number of hydrogen-bond acceptors (Lipinski definition) is 7. The van der Waals surface area contributed by atoms with Crippen LogP contribution in [-0.2, 0) is 0 Å². The van der Waals surface area contributed by atoms with E-state index < -0.39 is 76.8 Å². The molecule has 2 aromatic rings. The fraction of sp³-hybridized carbons (Fsp3) is 0.600. The molecule has 1 aliphatic heterocycles. The van der Waals surface area contributed by atoms with Gasteiger partial charge < -0.3 is 25.6 Å². The summed E-state index contributed by atoms with van der Waals surface area (Å²) in [5.41, 5.74) is -2.80. The second-order valence-corrected chi connectivity index (χ2v) is 8.90. The monoisotopic (exact) mass is 530 g/mol. The van der Waals surface area contributed by atoms with Gasteiger partial charge >= 0.3 is 18.0 Å². The summed E-state index contributed by atoms with van der Waals surface area (Å²) >= 11 is 0. The van der Waals surface area contributed by atoms with Crippen molar-refractivity contribution in [1.29, 1.82) is 0 Å². The van der Waals surface area contributed by atoms with Gasteiger partial charge in [0.2, 0.25) is 0 Å². The quantitative estimate of drug-likeness (QED) is 0.342. The molecular formula is C20H21F7N4O5. The van der Waals surface area contributed by atoms with Gasteiger partial charge in [0.15, 0.2) is 11.6 Å². The van der Waals surface area contributed by atoms with Crippen LogP contribution in [0.2, 0.25) is 0 Å². The highest BCUT2D eigenvalue weighted by Gasteiger charge is 2.75. The number of benzene rings is 1. The number of nitrogens with zero attached hydrogens (tertiary/aromatic N) is 2. The summed E-state index contributed by atoms with van der Waals surface area (Å²) in [6.07, 6.45) is -15.3. The van der Waals surface area contributed by atoms with E-state index in [4.69, 9.17) is 10.5 Å². The molecule has 2 heterocycles. The largest absolute Gasteiger partial charge is 0.492 e. The lowest BCUT2D eigenvalue weighted by Crippen LogP contribution is -2.66. The molecule has 9 nitrogen and oxygen atoms in total. The lowest BCUT2D eigenvalue weighted by atomic mass is 9.85. The van der Waals surface area contributed by atoms with Gasteiger partial charge in [0.1, 0.15) is 17.3 Å². The van der Waals surface area contributed by atoms with Gasteiger partial charge in [-0.2, -0.15) is 26.3 Å². The van der Waals surface area contributed by atoms with Crippen molar-refractivity contribution in [3.05, 3.63) is 26.7 Å². The average Bonchev–Trinajstić information content (AvgIpc) is 3.48. The van der Waals surface area contributed by atoms with Crippen LogP contribution in [0.15, 0.2) is 9.59 Å². The second-order valence-electron chi connectivity index (χ2n) is 8.90. The molecule has 0 bridgehead atoms. The van der Waals surface area contributed by atoms with E-state index in [-0.39, 0.29) is 23.9 Å². The van der Waals surface area contributed by atoms with Crippen molar-refractivity contribution < 1.29 is 45.7 Å². The van der Waals surface area contributed by atoms with Crippen molar-refractivity contribution in [3.63, 3.8) is 0 Å². The topological polar surface area (TPSA) is 134 Å². The van der Waals surface area contributed by atoms with E-state index >= 15 is 4.39 Å². The number of aliphatic hydroxyl groups excluding tert-OH is 1. The van der Waals surface area contributed by atoms with Crippen molar-refractivity contribution >= 4 is 22.3 Å². The summed E-state index contributed by atoms with van der Waals surface area (Å²) in [5.74, 6) is -3.42. The number of rotatable bonds is 5. The molecule has 2 unspecified atom stereocenters. The van der Waals surface area contributed by atoms with Crippen molar-refractivity contribution in [2.75, 3.05) is 30.8 Å². The van der Waals surface area contributed by atoms with Gasteiger partial charge in [-0.15, -0.1) is 0 Å². The van der Waals surface area contributed by atoms with E-state index in [1.807, 2.05) is 4.98 Å². The Morgan fingerprint density at radius 3 is 2.19 bits per heavy atom. The van der Waals surface area contributed by atoms with E-state index in [1.54, 1.807) is 0 Å². The molecule has 1 aromatic heterocycles. The molecule has 1 aromatic carbocycles. The lowest BCUT2D eigenvalue weighted by Gasteiger charge is -2.38. The van der Waals surface area contributed by atoms with E-state index in [2.05, 4.69) is 0 Å². The van der Waals surface area contributed by atoms with Crippen LogP contribution in [-0.4, -0.2) is 64.0 Å². The Balaban J connectivity index is 1.84. The van der Waals surface area contributed by atoms with Crippen molar-refractivity contribution in [1.82, 2.24) is 9.55 Å². The molecule has 1 aliphatic carbocycles. The van der Waals surface area contributed by atoms with Gasteiger partial charge in [-0.05, 0) is 19.3 Å². The molecule has 2 fully saturated rings. The molecule has 1 saturated carbocycles. The maximum Gasteiger partial charge on any atom is 0.428 e. The minimum absolute atomic E-state index is 0.172. The van der Waals surface area contributed by atoms with E-state index in [9.17, 15) is 46.1 Å². The van der Waals surface area contributed by atoms with E-state index in [0.717, 1.165) is 16.6 Å². The molecule has 0 radical (unpaired) electrons. The number of ether oxygens (including phenoxy) is 1. The molecule has 1 saturated heterocycles. The Kier molecular flexibility index (Phi) is 5.98. The summed E-state index contributed by atoms with van der Waals surface area (Å²) < 4.78 is 101. The Hall–Kier alpha value is -3.01. The first-order valence-corrected chi connectivity index (χ1v) is 10.7. The summed E-state index contributed by atoms with van der Waals surface area (Å²) in [4.78, 5) is 28.0. The normalized spacial score (nSPS) is 20.3. The molecular weight excluding hydrogens is 509 g/mol. The number of nitrogens with one attached hydrogen (secondary N) is 1. The summed E-state index contributed by atoms with van der Waals surface area (Å²) in [7, 11) is 1.07. The van der Waals surface area contributed by atoms with Crippen LogP contribution in [0, 0.1) is 11.7 Å². The molecule has 16 heteroatoms. The highest BCUT2D eigenvalue weighted by Crippen LogP contribution is 2.50. The zero-order valence-corrected chi connectivity index (χ0v) is 18.5. The maximum absolute atomic E-state index is 15.4. The molecule has 2 atom stereocenters. The third kappa shape index (κ3) is 3.68. The molecule has 0 spiro atoms. The Labute approximate surface area is 196 Å². The number of H-pyrrole nitrogens is 1. The third-order valence-electron chi connectivity index (χ3n) is 6.68. The van der Waals surface area contributed by atoms with Gasteiger partial charge in [0.05, 0.1) is 18.2 Å². The first-order chi connectivity index (χ1) is 16.6. The van der Waals surface area contributed by atoms with Gasteiger partial charge in [-0.3, -0.25) is 14.3 Å². The summed E-state index contributed by atoms with van der Waals surface area (Å²) in [6.45, 7) is -1.12. The molecule has 5 N–H and O–H groups in total. The highest BCUT2D eigenvalue weighted by atomic mass is 19.4. The number of aliphatic hydroxyl groups is 2. The predicted molar refractivity (Wildman–Crippen MR) is 111 cm³/mol. The molecule has 0 amide bonds. The first kappa shape index (κ1) is 26.1. The number of methoxy groups -OCH3 is 1. The first-order valence-electron chi connectivity index (χ1n) is 10.7. The van der Waals surface area contributed by atoms with E-state index in [1.165, 1.54) is 0 Å². The molecule has 4 rings (SSSR count). The molecule has 2 aliphatic rings. The fourth-order valence-electron chi connectivity index (χ4n) is 4.71. The van der Waals surface area contributed by atoms with Crippen LogP contribution >= 0.6 is 0 Å². The smallest absolute Gasteiger partial charge is 0.428 e. The van der Waals surface area contributed by atoms with Crippen LogP contribution in [0.3, 0.4) is 0 Å². The fourth-order valence-corrected chi connectivity index (χ4v) is 4.71. The van der Waals surface area contributed by atoms with E-state index in [0.29, 0.717) is 12.8 Å². The van der Waals surface area contributed by atoms with Crippen LogP contribution in [0.5, 0.6) is 5.75 Å². The number of fused-ring (bicyclic) bond motifs is 1. The highest BCUT2D eigenvalue weighted by molar-refractivity contribution is 5.99. The number of alkyl halides is 6. The van der Waals surface area contributed by atoms with Crippen LogP contribution < -0.4 is 26.6 Å². The Morgan fingerprint density at radius 1 is 1.11 bits per heavy atom. The van der Waals surface area contributed by atoms with Gasteiger partial charge in [0.25, 0.3) is 11.2 Å². The summed E-state index contributed by atoms with van der Waals surface area (Å²) in [5, 5.41) is 19.2. The SMILES string of the molecule is COc1c(N2CCC(C(O)C(O)(C(F)(F)F)C(F)(F)F)C2)c(F)c(N)c2c(=O)[nH]c(=O)n(C3CC3)c12. The number of anilines is 2. The second kappa shape index (κ2) is 8.26. The molecule has 36 heavy (non-hydrogen) atoms. The zero-order valence-electron chi connectivity index (χ0n) is 18.5. The number of aromatic nitrogens is 2. The van der Waals surface area contributed by atoms with Gasteiger partial charge in [-0.25, -0.2) is 9.18 Å². The number of nitrogens with two attached hydrogens (primary N) is 1. The molecule has 200 valence electrons. The van der Waals surface area contributed by atoms with Crippen LogP contribution in [0.25, 0.3) is 10.9 Å². The lowest BCUT2D eigenvalue weighted by molar-refractivity contribution is -0.395. The predicted octanol–water partition coefficient (Wildman–Crippen LogP) is 1.80. The Bertz CT molecular complexity index is 1300. The van der Waals surface area contributed by atoms with Gasteiger partial charge in [-0.1, -0.05) is 0 Å². The maximum atomic E-state index is 15.4. The Morgan fingerprint density at radius 2 is 1.69 bits per heavy atom. The standard InChI is InChI=1S/C20H21F7N4O5/c1-36-14-12-9(16(33)29-17(34)31(12)8-2-3-8)11(28)10(21)13(14)30-5-4-7(6-30)15(32)18(35,19(22,23)24)20(25,26)27/h7-8,15,32,35H,2-6,28H2,1H3,(H,29,33,34). The minimum Gasteiger partial charge on any atom is -0.492 e. The van der Waals surface area contributed by atoms with Crippen molar-refractivity contribution in [3.8, 4) is 5.75 Å². The minimum atomic E-state index is -6.25. The number of aromatic amines is 1. The average molecular weight is 530 g/mol. The van der Waals surface area contributed by atoms with Gasteiger partial charge in [0, 0.05) is 25.0 Å². The number of nitrogen functional groups attached to an aromatic ring is 1. The zero-order chi connectivity index (χ0) is 27.0. The third-order valence-corrected chi connectivity index (χ3v) is 6.68. The van der Waals surface area contributed by atoms with Crippen LogP contribution in [0.4, 0.5) is 42.1 Å². The van der Waals surface area contributed by atoms with Crippen LogP contribution in [0.1, 0.15) is 25.3 Å². The van der Waals surface area contributed by atoms with Crippen molar-refractivity contribution in [2.24, 2.45) is 5.92 Å². The van der Waals surface area contributed by atoms with Crippen molar-refractivity contribution in [2.45, 2.75) is 49.4 Å². The summed E-state index contributed by atoms with van der Waals surface area (Å²) in [6, 6.07) is -0.370. The number of hydrogen-bond donors (Lipinski definition) is 4.